The highest BCUT2D eigenvalue weighted by atomic mass is 32.1. The SMILES string of the molecule is CCNC(=NCCCNC(=O)c1cccs1)N(C)CCC1CCOCC1. The number of thiophene rings is 1. The molecule has 1 saturated heterocycles. The summed E-state index contributed by atoms with van der Waals surface area (Å²) in [5.74, 6) is 1.72. The van der Waals surface area contributed by atoms with Crippen LogP contribution in [0.15, 0.2) is 22.5 Å². The Morgan fingerprint density at radius 2 is 2.19 bits per heavy atom. The van der Waals surface area contributed by atoms with E-state index in [-0.39, 0.29) is 5.91 Å². The third-order valence-electron chi connectivity index (χ3n) is 4.54. The molecular formula is C19H32N4O2S. The fraction of sp³-hybridized carbons (Fsp3) is 0.684. The smallest absolute Gasteiger partial charge is 0.261 e. The van der Waals surface area contributed by atoms with E-state index in [1.165, 1.54) is 30.6 Å². The molecule has 0 aromatic carbocycles. The van der Waals surface area contributed by atoms with Gasteiger partial charge in [0.15, 0.2) is 5.96 Å². The maximum Gasteiger partial charge on any atom is 0.261 e. The van der Waals surface area contributed by atoms with Crippen molar-refractivity contribution < 1.29 is 9.53 Å². The third kappa shape index (κ3) is 7.33. The van der Waals surface area contributed by atoms with Gasteiger partial charge in [-0.15, -0.1) is 11.3 Å². The third-order valence-corrected chi connectivity index (χ3v) is 5.41. The summed E-state index contributed by atoms with van der Waals surface area (Å²) in [5, 5.41) is 8.22. The van der Waals surface area contributed by atoms with Crippen molar-refractivity contribution in [2.75, 3.05) is 46.4 Å². The molecule has 2 rings (SSSR count). The highest BCUT2D eigenvalue weighted by Crippen LogP contribution is 2.18. The fourth-order valence-corrected chi connectivity index (χ4v) is 3.59. The number of ether oxygens (including phenoxy) is 1. The molecule has 0 radical (unpaired) electrons. The van der Waals surface area contributed by atoms with E-state index in [0.29, 0.717) is 13.1 Å². The quantitative estimate of drug-likeness (QED) is 0.393. The zero-order valence-electron chi connectivity index (χ0n) is 16.0. The second-order valence-electron chi connectivity index (χ2n) is 6.59. The molecule has 26 heavy (non-hydrogen) atoms. The van der Waals surface area contributed by atoms with Gasteiger partial charge in [-0.3, -0.25) is 9.79 Å². The van der Waals surface area contributed by atoms with Crippen LogP contribution in [0.4, 0.5) is 0 Å². The number of guanidine groups is 1. The number of amides is 1. The highest BCUT2D eigenvalue weighted by Gasteiger charge is 2.15. The molecule has 1 aliphatic heterocycles. The predicted octanol–water partition coefficient (Wildman–Crippen LogP) is 2.58. The van der Waals surface area contributed by atoms with E-state index in [4.69, 9.17) is 9.73 Å². The first-order valence-electron chi connectivity index (χ1n) is 9.59. The molecule has 2 heterocycles. The molecule has 2 N–H and O–H groups in total. The Morgan fingerprint density at radius 1 is 1.38 bits per heavy atom. The summed E-state index contributed by atoms with van der Waals surface area (Å²) in [4.78, 5) is 19.5. The van der Waals surface area contributed by atoms with Crippen LogP contribution < -0.4 is 10.6 Å². The van der Waals surface area contributed by atoms with Crippen LogP contribution in [0.2, 0.25) is 0 Å². The van der Waals surface area contributed by atoms with Crippen LogP contribution in [0.25, 0.3) is 0 Å². The van der Waals surface area contributed by atoms with Crippen LogP contribution in [0.5, 0.6) is 0 Å². The lowest BCUT2D eigenvalue weighted by Crippen LogP contribution is -2.40. The zero-order chi connectivity index (χ0) is 18.6. The summed E-state index contributed by atoms with van der Waals surface area (Å²) in [7, 11) is 2.10. The molecule has 0 unspecified atom stereocenters. The summed E-state index contributed by atoms with van der Waals surface area (Å²) >= 11 is 1.46. The van der Waals surface area contributed by atoms with Crippen molar-refractivity contribution in [2.24, 2.45) is 10.9 Å². The van der Waals surface area contributed by atoms with Crippen LogP contribution in [0, 0.1) is 5.92 Å². The Bertz CT molecular complexity index is 542. The Balaban J connectivity index is 1.68. The standard InChI is InChI=1S/C19H32N4O2S/c1-3-20-19(23(2)12-7-16-8-13-25-14-9-16)22-11-5-10-21-18(24)17-6-4-15-26-17/h4,6,15-16H,3,5,7-14H2,1-2H3,(H,20,22)(H,21,24). The van der Waals surface area contributed by atoms with Crippen molar-refractivity contribution >= 4 is 23.2 Å². The first-order chi connectivity index (χ1) is 12.7. The normalized spacial score (nSPS) is 15.7. The molecule has 6 nitrogen and oxygen atoms in total. The van der Waals surface area contributed by atoms with Crippen LogP contribution in [0.3, 0.4) is 0 Å². The molecule has 0 bridgehead atoms. The van der Waals surface area contributed by atoms with E-state index in [0.717, 1.165) is 49.5 Å². The molecule has 0 saturated carbocycles. The minimum atomic E-state index is 0.00414. The van der Waals surface area contributed by atoms with E-state index in [9.17, 15) is 4.79 Å². The average Bonchev–Trinajstić information content (AvgIpc) is 3.20. The summed E-state index contributed by atoms with van der Waals surface area (Å²) < 4.78 is 5.43. The van der Waals surface area contributed by atoms with E-state index in [1.54, 1.807) is 0 Å². The van der Waals surface area contributed by atoms with Crippen LogP contribution in [-0.4, -0.2) is 63.2 Å². The molecule has 0 aliphatic carbocycles. The van der Waals surface area contributed by atoms with E-state index >= 15 is 0 Å². The summed E-state index contributed by atoms with van der Waals surface area (Å²) in [6.45, 7) is 7.10. The minimum Gasteiger partial charge on any atom is -0.381 e. The van der Waals surface area contributed by atoms with Gasteiger partial charge in [-0.1, -0.05) is 6.07 Å². The van der Waals surface area contributed by atoms with E-state index in [2.05, 4.69) is 29.5 Å². The van der Waals surface area contributed by atoms with Gasteiger partial charge in [0.1, 0.15) is 0 Å². The van der Waals surface area contributed by atoms with Crippen molar-refractivity contribution in [1.29, 1.82) is 0 Å². The van der Waals surface area contributed by atoms with Gasteiger partial charge in [0.25, 0.3) is 5.91 Å². The number of hydrogen-bond donors (Lipinski definition) is 2. The molecular weight excluding hydrogens is 348 g/mol. The van der Waals surface area contributed by atoms with Gasteiger partial charge in [0, 0.05) is 46.4 Å². The first-order valence-corrected chi connectivity index (χ1v) is 10.5. The average molecular weight is 381 g/mol. The number of nitrogens with zero attached hydrogens (tertiary/aromatic N) is 2. The number of hydrogen-bond acceptors (Lipinski definition) is 4. The zero-order valence-corrected chi connectivity index (χ0v) is 16.8. The minimum absolute atomic E-state index is 0.00414. The molecule has 0 spiro atoms. The molecule has 1 fully saturated rings. The largest absolute Gasteiger partial charge is 0.381 e. The Kier molecular flexibility index (Phi) is 9.48. The Hall–Kier alpha value is -1.60. The van der Waals surface area contributed by atoms with Crippen LogP contribution in [0.1, 0.15) is 42.3 Å². The van der Waals surface area contributed by atoms with Crippen molar-refractivity contribution in [3.63, 3.8) is 0 Å². The second kappa shape index (κ2) is 11.9. The molecule has 0 atom stereocenters. The number of nitrogens with one attached hydrogen (secondary N) is 2. The van der Waals surface area contributed by atoms with Gasteiger partial charge in [0.2, 0.25) is 0 Å². The number of carbonyl (C=O) groups is 1. The predicted molar refractivity (Wildman–Crippen MR) is 108 cm³/mol. The lowest BCUT2D eigenvalue weighted by atomic mass is 9.96. The lowest BCUT2D eigenvalue weighted by molar-refractivity contribution is 0.0625. The fourth-order valence-electron chi connectivity index (χ4n) is 2.95. The Morgan fingerprint density at radius 3 is 2.88 bits per heavy atom. The molecule has 7 heteroatoms. The summed E-state index contributed by atoms with van der Waals surface area (Å²) in [5.41, 5.74) is 0. The van der Waals surface area contributed by atoms with Gasteiger partial charge >= 0.3 is 0 Å². The molecule has 1 amide bonds. The summed E-state index contributed by atoms with van der Waals surface area (Å²) in [6.07, 6.45) is 4.36. The molecule has 1 aromatic heterocycles. The maximum atomic E-state index is 11.9. The first kappa shape index (κ1) is 20.7. The van der Waals surface area contributed by atoms with Gasteiger partial charge in [-0.05, 0) is 50.0 Å². The van der Waals surface area contributed by atoms with Gasteiger partial charge in [0.05, 0.1) is 4.88 Å². The van der Waals surface area contributed by atoms with Gasteiger partial charge in [-0.25, -0.2) is 0 Å². The van der Waals surface area contributed by atoms with Crippen molar-refractivity contribution in [3.8, 4) is 0 Å². The molecule has 1 aromatic rings. The van der Waals surface area contributed by atoms with Gasteiger partial charge in [-0.2, -0.15) is 0 Å². The number of rotatable bonds is 9. The van der Waals surface area contributed by atoms with Crippen LogP contribution >= 0.6 is 11.3 Å². The van der Waals surface area contributed by atoms with Crippen molar-refractivity contribution in [1.82, 2.24) is 15.5 Å². The topological polar surface area (TPSA) is 66.0 Å². The van der Waals surface area contributed by atoms with E-state index in [1.807, 2.05) is 17.5 Å². The highest BCUT2D eigenvalue weighted by molar-refractivity contribution is 7.12. The second-order valence-corrected chi connectivity index (χ2v) is 7.54. The van der Waals surface area contributed by atoms with Crippen molar-refractivity contribution in [3.05, 3.63) is 22.4 Å². The number of aliphatic imine (C=N–C) groups is 1. The molecule has 1 aliphatic rings. The Labute approximate surface area is 161 Å². The summed E-state index contributed by atoms with van der Waals surface area (Å²) in [6, 6.07) is 3.73. The van der Waals surface area contributed by atoms with Gasteiger partial charge < -0.3 is 20.3 Å². The van der Waals surface area contributed by atoms with Crippen molar-refractivity contribution in [2.45, 2.75) is 32.6 Å². The van der Waals surface area contributed by atoms with Crippen LogP contribution in [-0.2, 0) is 4.74 Å². The number of carbonyl (C=O) groups excluding carboxylic acids is 1. The monoisotopic (exact) mass is 380 g/mol. The van der Waals surface area contributed by atoms with E-state index < -0.39 is 0 Å². The lowest BCUT2D eigenvalue weighted by Gasteiger charge is -2.26. The molecule has 146 valence electrons. The maximum absolute atomic E-state index is 11.9.